The van der Waals surface area contributed by atoms with Crippen molar-refractivity contribution >= 4 is 5.78 Å². The van der Waals surface area contributed by atoms with Gasteiger partial charge in [0.1, 0.15) is 5.82 Å². The maximum atomic E-state index is 12.7. The highest BCUT2D eigenvalue weighted by Crippen LogP contribution is 2.50. The van der Waals surface area contributed by atoms with E-state index in [4.69, 9.17) is 35.3 Å². The molecule has 6 nitrogen and oxygen atoms in total. The minimum Gasteiger partial charge on any atom is -0.308 e. The third-order valence-corrected chi connectivity index (χ3v) is 6.75. The molecular weight excluding hydrogens is 374 g/mol. The monoisotopic (exact) mass is 449 g/mol. The van der Waals surface area contributed by atoms with E-state index in [1.165, 1.54) is 0 Å². The van der Waals surface area contributed by atoms with Gasteiger partial charge in [0.15, 0.2) is 5.78 Å². The average molecular weight is 450 g/mol. The van der Waals surface area contributed by atoms with Gasteiger partial charge in [0.2, 0.25) is 5.70 Å². The summed E-state index contributed by atoms with van der Waals surface area (Å²) in [5, 5.41) is 4.37. The molecule has 0 saturated heterocycles. The van der Waals surface area contributed by atoms with Crippen LogP contribution in [0.3, 0.4) is 0 Å². The number of hydrogen-bond acceptors (Lipinski definition) is 3. The number of carbonyl (C=O) groups excluding carboxylic acids is 1. The summed E-state index contributed by atoms with van der Waals surface area (Å²) in [6.45, 7) is 11.6. The minimum absolute atomic E-state index is 0. The molecule has 6 heteroatoms. The number of aromatic nitrogens is 4. The average Bonchev–Trinajstić information content (AvgIpc) is 3.78. The lowest BCUT2D eigenvalue weighted by Crippen LogP contribution is -2.45. The Hall–Kier alpha value is -3.46. The Morgan fingerprint density at radius 3 is 2.77 bits per heavy atom. The van der Waals surface area contributed by atoms with Crippen LogP contribution in [0.15, 0.2) is 54.5 Å². The van der Waals surface area contributed by atoms with Crippen molar-refractivity contribution in [3.8, 4) is 17.1 Å². The van der Waals surface area contributed by atoms with E-state index in [1.54, 1.807) is 4.68 Å². The Morgan fingerprint density at radius 1 is 1.33 bits per heavy atom. The Bertz CT molecular complexity index is 1270. The van der Waals surface area contributed by atoms with Crippen molar-refractivity contribution in [3.63, 3.8) is 0 Å². The van der Waals surface area contributed by atoms with E-state index < -0.39 is 5.41 Å². The van der Waals surface area contributed by atoms with Gasteiger partial charge in [-0.3, -0.25) is 9.25 Å². The van der Waals surface area contributed by atoms with Crippen LogP contribution in [0.2, 0.25) is 0 Å². The molecule has 3 atom stereocenters. The molecule has 2 heterocycles. The van der Waals surface area contributed by atoms with Gasteiger partial charge in [0, 0.05) is 61.0 Å². The third kappa shape index (κ3) is 2.51. The van der Waals surface area contributed by atoms with E-state index in [2.05, 4.69) is 33.6 Å². The standard InChI is InChI=1S/C24H23N5O.9H2/c1-15-18-10-11-20-22(24(18,2)12-19(25-3)21(15)30)27-23(16-8-6-5-7-9-16)29(20)17-13-26-28(4)14-17;;;;;;;;;/h5-9,12-15,18H,10-11H2,1-2,4H3;9*1H/t15-,18-,24-;;;;;;;;;/m0........./s1/i;8*1+2T;1+2. The van der Waals surface area contributed by atoms with Crippen LogP contribution in [0.5, 0.6) is 0 Å². The van der Waals surface area contributed by atoms with Gasteiger partial charge >= 0.3 is 0 Å². The molecule has 0 saturated carbocycles. The minimum atomic E-state index is -0.447. The van der Waals surface area contributed by atoms with E-state index in [0.29, 0.717) is 0 Å². The quantitative estimate of drug-likeness (QED) is 0.430. The molecule has 2 aromatic heterocycles. The Kier molecular flexibility index (Phi) is 2.54. The molecule has 3 aromatic rings. The predicted molar refractivity (Wildman–Crippen MR) is 133 cm³/mol. The summed E-state index contributed by atoms with van der Waals surface area (Å²) >= 11 is 0. The van der Waals surface area contributed by atoms with Crippen molar-refractivity contribution in [2.24, 2.45) is 18.9 Å². The smallest absolute Gasteiger partial charge is 0.226 e. The fourth-order valence-corrected chi connectivity index (χ4v) is 5.27. The molecule has 2 aliphatic rings. The summed E-state index contributed by atoms with van der Waals surface area (Å²) in [4.78, 5) is 21.4. The molecule has 0 amide bonds. The molecule has 1 aromatic carbocycles. The van der Waals surface area contributed by atoms with E-state index in [1.807, 2.05) is 50.6 Å². The zero-order valence-electron chi connectivity index (χ0n) is 33.3. The number of carbonyl (C=O) groups is 1. The van der Waals surface area contributed by atoms with Crippen LogP contribution in [-0.4, -0.2) is 25.1 Å². The second-order valence-electron chi connectivity index (χ2n) is 8.53. The number of fused-ring (bicyclic) bond motifs is 3. The van der Waals surface area contributed by atoms with Crippen molar-refractivity contribution in [1.29, 1.82) is 0 Å². The SMILES string of the molecule is [3HH].[3H][3H].[3H][3H].[3H][3H].[3H][3H].[3H][3H].[3H][3H].[3H][3H].[3H][3H].[C-]#[N+]C1=C[C@]2(C)c3nc(-c4ccccc4)n(-c4cnn(C)c4)c3CC[C@H]2[C@H](C)C1=O. The molecule has 0 spiro atoms. The van der Waals surface area contributed by atoms with Crippen LogP contribution >= 0.6 is 0 Å². The molecule has 5 rings (SSSR count). The number of ketones is 1. The van der Waals surface area contributed by atoms with E-state index >= 15 is 0 Å². The first kappa shape index (κ1) is 11.7. The number of allylic oxidation sites excluding steroid dienone is 2. The molecule has 0 bridgehead atoms. The maximum absolute atomic E-state index is 12.7. The fourth-order valence-electron chi connectivity index (χ4n) is 5.27. The normalized spacial score (nSPS) is 27.4. The van der Waals surface area contributed by atoms with Gasteiger partial charge in [-0.15, -0.1) is 0 Å². The first-order chi connectivity index (χ1) is 22.4. The van der Waals surface area contributed by atoms with Gasteiger partial charge in [-0.05, 0) is 18.8 Å². The number of benzene rings is 1. The largest absolute Gasteiger partial charge is 0.308 e. The summed E-state index contributed by atoms with van der Waals surface area (Å²) in [7, 11) is 1.91. The highest BCUT2D eigenvalue weighted by molar-refractivity contribution is 6.00. The molecule has 0 unspecified atom stereocenters. The lowest BCUT2D eigenvalue weighted by atomic mass is 9.59. The highest BCUT2D eigenvalue weighted by Gasteiger charge is 2.50. The van der Waals surface area contributed by atoms with Gasteiger partial charge < -0.3 is 4.79 Å². The lowest BCUT2D eigenvalue weighted by molar-refractivity contribution is -0.121. The molecule has 0 radical (unpaired) electrons. The summed E-state index contributed by atoms with van der Waals surface area (Å²) in [5.41, 5.74) is 3.92. The second-order valence-corrected chi connectivity index (χ2v) is 8.53. The molecular formula is C24H41N5O. The molecule has 0 aliphatic heterocycles. The first-order valence-electron chi connectivity index (χ1n) is 18.2. The van der Waals surface area contributed by atoms with Crippen LogP contribution in [-0.2, 0) is 23.7 Å². The number of imidazole rings is 1. The van der Waals surface area contributed by atoms with Gasteiger partial charge in [-0.1, -0.05) is 50.3 Å². The number of nitrogens with zero attached hydrogens (tertiary/aromatic N) is 5. The van der Waals surface area contributed by atoms with Gasteiger partial charge in [-0.25, -0.2) is 9.83 Å². The maximum Gasteiger partial charge on any atom is 0.226 e. The van der Waals surface area contributed by atoms with Gasteiger partial charge in [-0.2, -0.15) is 5.10 Å². The Balaban J connectivity index is -0.000000305. The van der Waals surface area contributed by atoms with Crippen LogP contribution in [0.1, 0.15) is 56.8 Å². The van der Waals surface area contributed by atoms with Crippen LogP contribution < -0.4 is 0 Å². The number of rotatable bonds is 2. The second kappa shape index (κ2) is 6.53. The predicted octanol–water partition coefficient (Wildman–Crippen LogP) is 6.33. The molecule has 2 aliphatic carbocycles. The Morgan fingerprint density at radius 2 is 2.10 bits per heavy atom. The summed E-state index contributed by atoms with van der Waals surface area (Å²) in [5.74, 6) is 0.800. The molecule has 168 valence electrons. The lowest BCUT2D eigenvalue weighted by Gasteiger charge is -2.44. The van der Waals surface area contributed by atoms with E-state index in [9.17, 15) is 4.79 Å². The Labute approximate surface area is 201 Å². The van der Waals surface area contributed by atoms with Crippen molar-refractivity contribution in [2.45, 2.75) is 32.1 Å². The zero-order chi connectivity index (χ0) is 37.0. The van der Waals surface area contributed by atoms with E-state index in [0.717, 1.165) is 41.3 Å². The summed E-state index contributed by atoms with van der Waals surface area (Å²) < 4.78 is 84.0. The zero-order valence-corrected chi connectivity index (χ0v) is 17.3. The molecule has 30 heavy (non-hydrogen) atoms. The third-order valence-electron chi connectivity index (χ3n) is 6.75. The van der Waals surface area contributed by atoms with E-state index in [-0.39, 0.29) is 24.7 Å². The number of Topliss-reactive ketones (excluding diaryl/α,β-unsaturated/α-hetero) is 1. The highest BCUT2D eigenvalue weighted by atomic mass is 16.1. The first-order valence-corrected chi connectivity index (χ1v) is 10.2. The van der Waals surface area contributed by atoms with Crippen LogP contribution in [0.25, 0.3) is 21.9 Å². The topological polar surface area (TPSA) is 57.1 Å². The van der Waals surface area contributed by atoms with Crippen molar-refractivity contribution in [2.75, 3.05) is 0 Å². The number of aryl methyl sites for hydroxylation is 1. The van der Waals surface area contributed by atoms with Crippen LogP contribution in [0.4, 0.5) is 0 Å². The van der Waals surface area contributed by atoms with Gasteiger partial charge in [0.05, 0.1) is 24.2 Å². The molecule has 0 N–H and O–H groups in total. The summed E-state index contributed by atoms with van der Waals surface area (Å²) in [6.07, 6.45) is 7.45. The fraction of sp³-hybridized carbons (Fsp3) is 0.333. The van der Waals surface area contributed by atoms with Gasteiger partial charge in [0.25, 0.3) is 0 Å². The van der Waals surface area contributed by atoms with Crippen molar-refractivity contribution in [3.05, 3.63) is 77.3 Å². The summed E-state index contributed by atoms with van der Waals surface area (Å²) in [6, 6.07) is 10.2. The van der Waals surface area contributed by atoms with Crippen molar-refractivity contribution in [1.82, 2.24) is 19.3 Å². The molecule has 0 fully saturated rings. The number of hydrogen-bond donors (Lipinski definition) is 0. The van der Waals surface area contributed by atoms with Crippen molar-refractivity contribution < 1.29 is 30.0 Å². The van der Waals surface area contributed by atoms with Crippen LogP contribution in [0, 0.1) is 18.4 Å².